The molecule has 0 bridgehead atoms. The topological polar surface area (TPSA) is 12.5 Å². The van der Waals surface area contributed by atoms with Gasteiger partial charge in [-0.25, -0.2) is 3.11 Å². The Balaban J connectivity index is 2.34. The van der Waals surface area contributed by atoms with Gasteiger partial charge in [-0.15, -0.1) is 0 Å². The van der Waals surface area contributed by atoms with Crippen molar-refractivity contribution in [3.63, 3.8) is 0 Å². The van der Waals surface area contributed by atoms with E-state index in [1.165, 1.54) is 0 Å². The fraction of sp³-hybridized carbons (Fsp3) is 1.00. The molecule has 3 heteroatoms. The number of nitrogens with zero attached hydrogens (tertiary/aromatic N) is 1. The molecule has 2 nitrogen and oxygen atoms in total. The molecule has 2 atom stereocenters. The van der Waals surface area contributed by atoms with Gasteiger partial charge in [0.25, 0.3) is 0 Å². The lowest BCUT2D eigenvalue weighted by Gasteiger charge is -2.30. The van der Waals surface area contributed by atoms with Crippen LogP contribution in [0, 0.1) is 0 Å². The summed E-state index contributed by atoms with van der Waals surface area (Å²) in [6.45, 7) is 6.35. The fourth-order valence-corrected chi connectivity index (χ4v) is 2.22. The van der Waals surface area contributed by atoms with Crippen LogP contribution in [0.15, 0.2) is 0 Å². The van der Waals surface area contributed by atoms with E-state index in [-0.39, 0.29) is 0 Å². The van der Waals surface area contributed by atoms with E-state index >= 15 is 0 Å². The molecule has 0 spiro atoms. The Morgan fingerprint density at radius 2 is 1.78 bits per heavy atom. The van der Waals surface area contributed by atoms with Crippen molar-refractivity contribution in [2.24, 2.45) is 0 Å². The van der Waals surface area contributed by atoms with Crippen molar-refractivity contribution in [2.45, 2.75) is 26.1 Å². The number of hydrogen-bond donors (Lipinski definition) is 0. The number of morpholine rings is 1. The van der Waals surface area contributed by atoms with Crippen molar-refractivity contribution in [3.05, 3.63) is 0 Å². The molecule has 1 unspecified atom stereocenters. The van der Waals surface area contributed by atoms with Crippen LogP contribution < -0.4 is 0 Å². The molecule has 0 aromatic carbocycles. The SMILES string of the molecule is CC1CN(I)C[C@@H](C)O1. The van der Waals surface area contributed by atoms with Crippen molar-refractivity contribution < 1.29 is 4.74 Å². The van der Waals surface area contributed by atoms with E-state index in [4.69, 9.17) is 4.74 Å². The van der Waals surface area contributed by atoms with Crippen LogP contribution in [0.5, 0.6) is 0 Å². The summed E-state index contributed by atoms with van der Waals surface area (Å²) in [7, 11) is 0. The Morgan fingerprint density at radius 1 is 1.33 bits per heavy atom. The molecular formula is C6H12INO. The maximum absolute atomic E-state index is 5.51. The lowest BCUT2D eigenvalue weighted by molar-refractivity contribution is -0.0367. The molecule has 0 aromatic rings. The highest BCUT2D eigenvalue weighted by atomic mass is 127. The van der Waals surface area contributed by atoms with E-state index in [2.05, 4.69) is 39.8 Å². The molecule has 0 N–H and O–H groups in total. The van der Waals surface area contributed by atoms with Gasteiger partial charge in [0.1, 0.15) is 0 Å². The van der Waals surface area contributed by atoms with Gasteiger partial charge >= 0.3 is 0 Å². The summed E-state index contributed by atoms with van der Waals surface area (Å²) in [6, 6.07) is 0. The summed E-state index contributed by atoms with van der Waals surface area (Å²) in [6.07, 6.45) is 0.816. The van der Waals surface area contributed by atoms with Crippen LogP contribution in [-0.2, 0) is 4.74 Å². The van der Waals surface area contributed by atoms with E-state index in [0.29, 0.717) is 12.2 Å². The number of halogens is 1. The van der Waals surface area contributed by atoms with Gasteiger partial charge in [-0.3, -0.25) is 0 Å². The molecule has 1 aliphatic heterocycles. The van der Waals surface area contributed by atoms with Crippen LogP contribution in [0.1, 0.15) is 13.8 Å². The van der Waals surface area contributed by atoms with Crippen LogP contribution in [-0.4, -0.2) is 28.4 Å². The first-order valence-corrected chi connectivity index (χ1v) is 4.21. The first kappa shape index (κ1) is 7.75. The second kappa shape index (κ2) is 3.16. The van der Waals surface area contributed by atoms with E-state index in [0.717, 1.165) is 13.1 Å². The molecule has 1 aliphatic rings. The van der Waals surface area contributed by atoms with Gasteiger partial charge in [0.05, 0.1) is 12.2 Å². The molecule has 0 radical (unpaired) electrons. The van der Waals surface area contributed by atoms with Crippen molar-refractivity contribution >= 4 is 22.9 Å². The quantitative estimate of drug-likeness (QED) is 0.470. The van der Waals surface area contributed by atoms with Crippen molar-refractivity contribution in [1.82, 2.24) is 3.11 Å². The summed E-state index contributed by atoms with van der Waals surface area (Å²) < 4.78 is 7.78. The molecule has 9 heavy (non-hydrogen) atoms. The smallest absolute Gasteiger partial charge is 0.0686 e. The summed E-state index contributed by atoms with van der Waals surface area (Å²) in [5.74, 6) is 0. The van der Waals surface area contributed by atoms with Crippen LogP contribution in [0.4, 0.5) is 0 Å². The molecule has 0 amide bonds. The second-order valence-electron chi connectivity index (χ2n) is 2.59. The van der Waals surface area contributed by atoms with E-state index in [1.54, 1.807) is 0 Å². The molecule has 54 valence electrons. The largest absolute Gasteiger partial charge is 0.373 e. The van der Waals surface area contributed by atoms with Gasteiger partial charge in [-0.1, -0.05) is 0 Å². The monoisotopic (exact) mass is 241 g/mol. The van der Waals surface area contributed by atoms with Gasteiger partial charge in [-0.2, -0.15) is 0 Å². The van der Waals surface area contributed by atoms with Gasteiger partial charge in [0.15, 0.2) is 0 Å². The molecule has 0 aromatic heterocycles. The minimum atomic E-state index is 0.408. The Morgan fingerprint density at radius 3 is 2.11 bits per heavy atom. The van der Waals surface area contributed by atoms with Gasteiger partial charge < -0.3 is 4.74 Å². The molecule has 1 rings (SSSR count). The third-order valence-electron chi connectivity index (χ3n) is 1.38. The third-order valence-corrected chi connectivity index (χ3v) is 2.16. The zero-order valence-electron chi connectivity index (χ0n) is 5.80. The van der Waals surface area contributed by atoms with Crippen molar-refractivity contribution in [2.75, 3.05) is 13.1 Å². The highest BCUT2D eigenvalue weighted by Crippen LogP contribution is 2.13. The van der Waals surface area contributed by atoms with Crippen LogP contribution in [0.25, 0.3) is 0 Å². The molecule has 0 aliphatic carbocycles. The van der Waals surface area contributed by atoms with Gasteiger partial charge in [0, 0.05) is 36.0 Å². The third kappa shape index (κ3) is 2.39. The second-order valence-corrected chi connectivity index (χ2v) is 3.95. The predicted octanol–water partition coefficient (Wildman–Crippen LogP) is 1.45. The van der Waals surface area contributed by atoms with E-state index < -0.39 is 0 Å². The lowest BCUT2D eigenvalue weighted by atomic mass is 10.3. The average Bonchev–Trinajstić information content (AvgIpc) is 1.59. The fourth-order valence-electron chi connectivity index (χ4n) is 1.12. The minimum Gasteiger partial charge on any atom is -0.373 e. The standard InChI is InChI=1S/C6H12INO/c1-5-3-8(7)4-6(2)9-5/h5-6H,3-4H2,1-2H3/t5-,6?/m1/s1. The average molecular weight is 241 g/mol. The zero-order valence-corrected chi connectivity index (χ0v) is 7.96. The maximum atomic E-state index is 5.51. The van der Waals surface area contributed by atoms with Crippen LogP contribution >= 0.6 is 22.9 Å². The Hall–Kier alpha value is 0.650. The summed E-state index contributed by atoms with van der Waals surface area (Å²) in [5, 5.41) is 0. The molecule has 1 heterocycles. The normalized spacial score (nSPS) is 39.0. The van der Waals surface area contributed by atoms with Crippen molar-refractivity contribution in [3.8, 4) is 0 Å². The molecule has 0 saturated carbocycles. The maximum Gasteiger partial charge on any atom is 0.0686 e. The Labute approximate surface area is 70.0 Å². The number of hydrogen-bond acceptors (Lipinski definition) is 2. The predicted molar refractivity (Wildman–Crippen MR) is 45.6 cm³/mol. The van der Waals surface area contributed by atoms with Gasteiger partial charge in [0.2, 0.25) is 0 Å². The van der Waals surface area contributed by atoms with E-state index in [1.807, 2.05) is 0 Å². The van der Waals surface area contributed by atoms with Crippen LogP contribution in [0.3, 0.4) is 0 Å². The van der Waals surface area contributed by atoms with E-state index in [9.17, 15) is 0 Å². The molecular weight excluding hydrogens is 229 g/mol. The molecule has 1 saturated heterocycles. The summed E-state index contributed by atoms with van der Waals surface area (Å²) >= 11 is 2.34. The van der Waals surface area contributed by atoms with Crippen molar-refractivity contribution in [1.29, 1.82) is 0 Å². The number of ether oxygens (including phenoxy) is 1. The Bertz CT molecular complexity index is 74.0. The number of rotatable bonds is 0. The summed E-state index contributed by atoms with van der Waals surface area (Å²) in [5.41, 5.74) is 0. The highest BCUT2D eigenvalue weighted by Gasteiger charge is 2.19. The zero-order chi connectivity index (χ0) is 6.85. The minimum absolute atomic E-state index is 0.408. The first-order chi connectivity index (χ1) is 4.18. The summed E-state index contributed by atoms with van der Waals surface area (Å²) in [4.78, 5) is 0. The van der Waals surface area contributed by atoms with Crippen LogP contribution in [0.2, 0.25) is 0 Å². The highest BCUT2D eigenvalue weighted by molar-refractivity contribution is 14.1. The molecule has 1 fully saturated rings. The lowest BCUT2D eigenvalue weighted by Crippen LogP contribution is -2.40. The first-order valence-electron chi connectivity index (χ1n) is 3.24. The van der Waals surface area contributed by atoms with Gasteiger partial charge in [-0.05, 0) is 13.8 Å². The Kier molecular flexibility index (Phi) is 2.73.